The van der Waals surface area contributed by atoms with Gasteiger partial charge in [-0.1, -0.05) is 6.42 Å². The molecule has 114 valence electrons. The number of nitro groups is 1. The van der Waals surface area contributed by atoms with Crippen molar-refractivity contribution in [2.75, 3.05) is 11.9 Å². The van der Waals surface area contributed by atoms with E-state index in [1.807, 2.05) is 0 Å². The number of rotatable bonds is 5. The second-order valence-electron chi connectivity index (χ2n) is 5.36. The summed E-state index contributed by atoms with van der Waals surface area (Å²) in [5.41, 5.74) is -0.0448. The van der Waals surface area contributed by atoms with Crippen LogP contribution < -0.4 is 5.32 Å². The van der Waals surface area contributed by atoms with E-state index >= 15 is 0 Å². The fraction of sp³-hybridized carbons (Fsp3) is 0.500. The van der Waals surface area contributed by atoms with Crippen molar-refractivity contribution in [2.45, 2.75) is 31.8 Å². The molecule has 0 spiro atoms. The van der Waals surface area contributed by atoms with E-state index in [1.54, 1.807) is 0 Å². The fourth-order valence-corrected chi connectivity index (χ4v) is 2.67. The lowest BCUT2D eigenvalue weighted by atomic mass is 9.87. The molecule has 1 fully saturated rings. The highest BCUT2D eigenvalue weighted by atomic mass is 16.6. The Balaban J connectivity index is 2.08. The van der Waals surface area contributed by atoms with Crippen molar-refractivity contribution in [3.8, 4) is 0 Å². The summed E-state index contributed by atoms with van der Waals surface area (Å²) in [4.78, 5) is 21.3. The Morgan fingerprint density at radius 2 is 2.19 bits per heavy atom. The number of carboxylic acids is 1. The third-order valence-electron chi connectivity index (χ3n) is 3.78. The van der Waals surface area contributed by atoms with Crippen molar-refractivity contribution < 1.29 is 19.9 Å². The highest BCUT2D eigenvalue weighted by Gasteiger charge is 2.22. The molecule has 0 aromatic heterocycles. The number of carboxylic acid groups (broad SMARTS) is 1. The van der Waals surface area contributed by atoms with Crippen LogP contribution >= 0.6 is 0 Å². The molecule has 0 aliphatic heterocycles. The highest BCUT2D eigenvalue weighted by Crippen LogP contribution is 2.28. The van der Waals surface area contributed by atoms with Crippen molar-refractivity contribution in [1.82, 2.24) is 0 Å². The van der Waals surface area contributed by atoms with Gasteiger partial charge in [-0.05, 0) is 37.3 Å². The summed E-state index contributed by atoms with van der Waals surface area (Å²) in [5, 5.41) is 32.5. The molecular weight excluding hydrogens is 276 g/mol. The lowest BCUT2D eigenvalue weighted by Gasteiger charge is -2.26. The zero-order chi connectivity index (χ0) is 15.4. The summed E-state index contributed by atoms with van der Waals surface area (Å²) in [6.45, 7) is 0.532. The lowest BCUT2D eigenvalue weighted by molar-refractivity contribution is -0.384. The average molecular weight is 294 g/mol. The summed E-state index contributed by atoms with van der Waals surface area (Å²) < 4.78 is 0. The van der Waals surface area contributed by atoms with E-state index in [4.69, 9.17) is 5.11 Å². The van der Waals surface area contributed by atoms with E-state index in [0.717, 1.165) is 25.3 Å². The standard InChI is InChI=1S/C14H18N2O5/c17-11-3-1-2-9(6-11)8-15-12-5-4-10(14(18)19)7-13(12)16(20)21/h4-5,7,9,11,15,17H,1-3,6,8H2,(H,18,19). The first-order valence-corrected chi connectivity index (χ1v) is 6.91. The number of nitrogens with zero attached hydrogens (tertiary/aromatic N) is 1. The number of carbonyl (C=O) groups is 1. The Hall–Kier alpha value is -2.15. The molecule has 0 amide bonds. The van der Waals surface area contributed by atoms with E-state index in [9.17, 15) is 20.0 Å². The molecule has 2 unspecified atom stereocenters. The summed E-state index contributed by atoms with van der Waals surface area (Å²) in [7, 11) is 0. The number of hydrogen-bond donors (Lipinski definition) is 3. The van der Waals surface area contributed by atoms with Gasteiger partial charge in [0.25, 0.3) is 5.69 Å². The van der Waals surface area contributed by atoms with Crippen LogP contribution in [0.1, 0.15) is 36.0 Å². The Labute approximate surface area is 121 Å². The molecule has 3 N–H and O–H groups in total. The van der Waals surface area contributed by atoms with E-state index < -0.39 is 10.9 Å². The van der Waals surface area contributed by atoms with E-state index in [0.29, 0.717) is 18.7 Å². The molecule has 1 aliphatic rings. The van der Waals surface area contributed by atoms with Gasteiger partial charge in [0, 0.05) is 12.6 Å². The number of nitrogens with one attached hydrogen (secondary N) is 1. The molecule has 1 aromatic carbocycles. The molecule has 0 radical (unpaired) electrons. The Morgan fingerprint density at radius 3 is 2.81 bits per heavy atom. The molecular formula is C14H18N2O5. The van der Waals surface area contributed by atoms with E-state index in [1.165, 1.54) is 12.1 Å². The first-order chi connectivity index (χ1) is 9.97. The Morgan fingerprint density at radius 1 is 1.43 bits per heavy atom. The van der Waals surface area contributed by atoms with Crippen LogP contribution in [0.3, 0.4) is 0 Å². The largest absolute Gasteiger partial charge is 0.478 e. The van der Waals surface area contributed by atoms with Crippen LogP contribution in [-0.4, -0.2) is 33.8 Å². The van der Waals surface area contributed by atoms with Crippen LogP contribution in [0.25, 0.3) is 0 Å². The molecule has 21 heavy (non-hydrogen) atoms. The smallest absolute Gasteiger partial charge is 0.335 e. The molecule has 2 rings (SSSR count). The molecule has 0 saturated heterocycles. The highest BCUT2D eigenvalue weighted by molar-refractivity contribution is 5.89. The van der Waals surface area contributed by atoms with Crippen LogP contribution in [0.5, 0.6) is 0 Å². The first kappa shape index (κ1) is 15.2. The number of aliphatic hydroxyl groups excluding tert-OH is 1. The van der Waals surface area contributed by atoms with Crippen molar-refractivity contribution in [1.29, 1.82) is 0 Å². The molecule has 1 aliphatic carbocycles. The van der Waals surface area contributed by atoms with Gasteiger partial charge in [0.2, 0.25) is 0 Å². The Kier molecular flexibility index (Phi) is 4.74. The fourth-order valence-electron chi connectivity index (χ4n) is 2.67. The Bertz CT molecular complexity index is 546. The molecule has 7 nitrogen and oxygen atoms in total. The number of aromatic carboxylic acids is 1. The van der Waals surface area contributed by atoms with Gasteiger partial charge in [0.15, 0.2) is 0 Å². The van der Waals surface area contributed by atoms with Gasteiger partial charge in [-0.2, -0.15) is 0 Å². The maximum atomic E-state index is 11.0. The summed E-state index contributed by atoms with van der Waals surface area (Å²) >= 11 is 0. The minimum Gasteiger partial charge on any atom is -0.478 e. The average Bonchev–Trinajstić information content (AvgIpc) is 2.44. The van der Waals surface area contributed by atoms with Gasteiger partial charge >= 0.3 is 5.97 Å². The SMILES string of the molecule is O=C(O)c1ccc(NCC2CCCC(O)C2)c([N+](=O)[O-])c1. The molecule has 1 saturated carbocycles. The van der Waals surface area contributed by atoms with Gasteiger partial charge < -0.3 is 15.5 Å². The van der Waals surface area contributed by atoms with Gasteiger partial charge in [-0.3, -0.25) is 10.1 Å². The van der Waals surface area contributed by atoms with Crippen LogP contribution in [0.4, 0.5) is 11.4 Å². The quantitative estimate of drug-likeness (QED) is 0.567. The van der Waals surface area contributed by atoms with Crippen molar-refractivity contribution >= 4 is 17.3 Å². The maximum absolute atomic E-state index is 11.0. The molecule has 0 bridgehead atoms. The third-order valence-corrected chi connectivity index (χ3v) is 3.78. The maximum Gasteiger partial charge on any atom is 0.335 e. The van der Waals surface area contributed by atoms with Gasteiger partial charge in [-0.25, -0.2) is 4.79 Å². The number of benzene rings is 1. The number of hydrogen-bond acceptors (Lipinski definition) is 5. The minimum absolute atomic E-state index is 0.111. The van der Waals surface area contributed by atoms with Crippen LogP contribution in [0, 0.1) is 16.0 Å². The number of nitro benzene ring substituents is 1. The first-order valence-electron chi connectivity index (χ1n) is 6.91. The van der Waals surface area contributed by atoms with Crippen molar-refractivity contribution in [3.63, 3.8) is 0 Å². The van der Waals surface area contributed by atoms with Crippen molar-refractivity contribution in [3.05, 3.63) is 33.9 Å². The second-order valence-corrected chi connectivity index (χ2v) is 5.36. The second kappa shape index (κ2) is 6.53. The van der Waals surface area contributed by atoms with Gasteiger partial charge in [0.05, 0.1) is 16.6 Å². The normalized spacial score (nSPS) is 21.8. The zero-order valence-corrected chi connectivity index (χ0v) is 11.5. The van der Waals surface area contributed by atoms with Crippen LogP contribution in [-0.2, 0) is 0 Å². The summed E-state index contributed by atoms with van der Waals surface area (Å²) in [6, 6.07) is 3.81. The monoisotopic (exact) mass is 294 g/mol. The number of anilines is 1. The topological polar surface area (TPSA) is 113 Å². The van der Waals surface area contributed by atoms with Gasteiger partial charge in [0.1, 0.15) is 5.69 Å². The third kappa shape index (κ3) is 3.91. The summed E-state index contributed by atoms with van der Waals surface area (Å²) in [5.74, 6) is -0.924. The molecule has 2 atom stereocenters. The molecule has 0 heterocycles. The minimum atomic E-state index is -1.19. The van der Waals surface area contributed by atoms with E-state index in [-0.39, 0.29) is 23.3 Å². The van der Waals surface area contributed by atoms with Crippen LogP contribution in [0.15, 0.2) is 18.2 Å². The van der Waals surface area contributed by atoms with Gasteiger partial charge in [-0.15, -0.1) is 0 Å². The van der Waals surface area contributed by atoms with E-state index in [2.05, 4.69) is 5.32 Å². The van der Waals surface area contributed by atoms with Crippen molar-refractivity contribution in [2.24, 2.45) is 5.92 Å². The molecule has 1 aromatic rings. The predicted octanol–water partition coefficient (Wildman–Crippen LogP) is 2.26. The summed E-state index contributed by atoms with van der Waals surface area (Å²) in [6.07, 6.45) is 3.13. The number of aliphatic hydroxyl groups is 1. The lowest BCUT2D eigenvalue weighted by Crippen LogP contribution is -2.25. The zero-order valence-electron chi connectivity index (χ0n) is 11.5. The molecule has 7 heteroatoms. The predicted molar refractivity (Wildman–Crippen MR) is 76.5 cm³/mol. The van der Waals surface area contributed by atoms with Crippen LogP contribution in [0.2, 0.25) is 0 Å².